The molecule has 2 heterocycles. The highest BCUT2D eigenvalue weighted by Crippen LogP contribution is 2.24. The van der Waals surface area contributed by atoms with Gasteiger partial charge in [0.2, 0.25) is 5.88 Å². The Balaban J connectivity index is 1.42. The summed E-state index contributed by atoms with van der Waals surface area (Å²) in [6.07, 6.45) is 4.49. The van der Waals surface area contributed by atoms with Crippen molar-refractivity contribution in [1.82, 2.24) is 20.3 Å². The van der Waals surface area contributed by atoms with E-state index in [0.29, 0.717) is 58.1 Å². The lowest BCUT2D eigenvalue weighted by Gasteiger charge is -2.29. The second kappa shape index (κ2) is 16.8. The van der Waals surface area contributed by atoms with Crippen LogP contribution < -0.4 is 10.1 Å². The smallest absolute Gasteiger partial charge is 0.241 e. The topological polar surface area (TPSA) is 108 Å². The predicted molar refractivity (Wildman–Crippen MR) is 181 cm³/mol. The molecule has 0 saturated heterocycles. The lowest BCUT2D eigenvalue weighted by atomic mass is 10.0. The summed E-state index contributed by atoms with van der Waals surface area (Å²) in [7, 11) is 0. The molecule has 2 atom stereocenters. The van der Waals surface area contributed by atoms with E-state index in [0.717, 1.165) is 27.7 Å². The zero-order chi connectivity index (χ0) is 33.0. The molecule has 0 spiro atoms. The quantitative estimate of drug-likeness (QED) is 0.122. The number of hydrogen-bond acceptors (Lipinski definition) is 8. The summed E-state index contributed by atoms with van der Waals surface area (Å²) in [5.74, 6) is 0.568. The Morgan fingerprint density at radius 2 is 1.54 bits per heavy atom. The van der Waals surface area contributed by atoms with E-state index in [1.165, 1.54) is 6.33 Å². The average Bonchev–Trinajstić information content (AvgIpc) is 3.44. The molecule has 4 rings (SSSR count). The maximum Gasteiger partial charge on any atom is 0.241 e. The molecule has 0 aliphatic carbocycles. The molecule has 2 aromatic carbocycles. The molecule has 0 amide bonds. The SMILES string of the molecule is CC(C)(C)OCCC(=O)C(CCC(COCc1ccccc1)NCc1c[nH]c2c(OCc3ccccc3)ncnc12)OC(C)(C)C. The molecule has 0 fully saturated rings. The molecule has 4 aromatic rings. The predicted octanol–water partition coefficient (Wildman–Crippen LogP) is 6.95. The zero-order valence-electron chi connectivity index (χ0n) is 28.2. The second-order valence-electron chi connectivity index (χ2n) is 13.5. The lowest BCUT2D eigenvalue weighted by molar-refractivity contribution is -0.143. The van der Waals surface area contributed by atoms with Crippen LogP contribution >= 0.6 is 0 Å². The molecular formula is C37H50N4O5. The number of benzene rings is 2. The van der Waals surface area contributed by atoms with Crippen molar-refractivity contribution in [2.45, 2.75) is 104 Å². The van der Waals surface area contributed by atoms with E-state index in [4.69, 9.17) is 18.9 Å². The van der Waals surface area contributed by atoms with Gasteiger partial charge in [-0.15, -0.1) is 0 Å². The Kier molecular flexibility index (Phi) is 12.9. The number of hydrogen-bond donors (Lipinski definition) is 2. The molecule has 0 aliphatic heterocycles. The van der Waals surface area contributed by atoms with Crippen LogP contribution in [0.1, 0.15) is 77.5 Å². The number of nitrogens with one attached hydrogen (secondary N) is 2. The largest absolute Gasteiger partial charge is 0.471 e. The molecular weight excluding hydrogens is 580 g/mol. The van der Waals surface area contributed by atoms with Gasteiger partial charge >= 0.3 is 0 Å². The summed E-state index contributed by atoms with van der Waals surface area (Å²) in [5.41, 5.74) is 3.98. The fraction of sp³-hybridized carbons (Fsp3) is 0.486. The number of aromatic nitrogens is 3. The van der Waals surface area contributed by atoms with Crippen molar-refractivity contribution in [2.24, 2.45) is 0 Å². The van der Waals surface area contributed by atoms with Crippen LogP contribution in [0.5, 0.6) is 5.88 Å². The van der Waals surface area contributed by atoms with E-state index in [-0.39, 0.29) is 17.4 Å². The van der Waals surface area contributed by atoms with Crippen molar-refractivity contribution >= 4 is 16.8 Å². The van der Waals surface area contributed by atoms with Crippen LogP contribution in [0.25, 0.3) is 11.0 Å². The van der Waals surface area contributed by atoms with E-state index < -0.39 is 11.7 Å². The molecule has 2 unspecified atom stereocenters. The first-order valence-corrected chi connectivity index (χ1v) is 16.1. The van der Waals surface area contributed by atoms with Gasteiger partial charge in [0, 0.05) is 30.8 Å². The molecule has 2 aromatic heterocycles. The van der Waals surface area contributed by atoms with Crippen LogP contribution in [0.4, 0.5) is 0 Å². The van der Waals surface area contributed by atoms with Crippen molar-refractivity contribution in [2.75, 3.05) is 13.2 Å². The van der Waals surface area contributed by atoms with E-state index in [9.17, 15) is 4.79 Å². The fourth-order valence-electron chi connectivity index (χ4n) is 5.02. The van der Waals surface area contributed by atoms with E-state index in [2.05, 4.69) is 32.4 Å². The summed E-state index contributed by atoms with van der Waals surface area (Å²) in [6, 6.07) is 20.1. The highest BCUT2D eigenvalue weighted by molar-refractivity contribution is 5.83. The Morgan fingerprint density at radius 3 is 2.20 bits per heavy atom. The minimum absolute atomic E-state index is 0.0333. The number of nitrogens with zero attached hydrogens (tertiary/aromatic N) is 2. The summed E-state index contributed by atoms with van der Waals surface area (Å²) in [6.45, 7) is 14.2. The van der Waals surface area contributed by atoms with Gasteiger partial charge in [0.1, 0.15) is 24.6 Å². The van der Waals surface area contributed by atoms with Gasteiger partial charge in [-0.05, 0) is 65.5 Å². The third-order valence-electron chi connectivity index (χ3n) is 7.25. The molecule has 2 N–H and O–H groups in total. The zero-order valence-corrected chi connectivity index (χ0v) is 28.2. The lowest BCUT2D eigenvalue weighted by Crippen LogP contribution is -2.38. The molecule has 9 heteroatoms. The van der Waals surface area contributed by atoms with Crippen LogP contribution in [0, 0.1) is 0 Å². The third-order valence-corrected chi connectivity index (χ3v) is 7.25. The number of fused-ring (bicyclic) bond motifs is 1. The first-order valence-electron chi connectivity index (χ1n) is 16.1. The molecule has 0 aliphatic rings. The minimum Gasteiger partial charge on any atom is -0.471 e. The van der Waals surface area contributed by atoms with Gasteiger partial charge in [-0.25, -0.2) is 4.98 Å². The van der Waals surface area contributed by atoms with E-state index in [1.54, 1.807) is 0 Å². The highest BCUT2D eigenvalue weighted by atomic mass is 16.5. The van der Waals surface area contributed by atoms with Gasteiger partial charge < -0.3 is 29.2 Å². The molecule has 46 heavy (non-hydrogen) atoms. The molecule has 248 valence electrons. The summed E-state index contributed by atoms with van der Waals surface area (Å²) in [4.78, 5) is 25.5. The molecule has 9 nitrogen and oxygen atoms in total. The Labute approximate surface area is 273 Å². The Hall–Kier alpha value is -3.63. The van der Waals surface area contributed by atoms with Crippen molar-refractivity contribution in [3.05, 3.63) is 89.9 Å². The van der Waals surface area contributed by atoms with Crippen LogP contribution in [0.2, 0.25) is 0 Å². The number of Topliss-reactive ketones (excluding diaryl/α,β-unsaturated/α-hetero) is 1. The number of aromatic amines is 1. The van der Waals surface area contributed by atoms with Crippen molar-refractivity contribution in [3.63, 3.8) is 0 Å². The van der Waals surface area contributed by atoms with Gasteiger partial charge in [0.25, 0.3) is 0 Å². The Bertz CT molecular complexity index is 1480. The first kappa shape index (κ1) is 35.2. The molecule has 0 bridgehead atoms. The van der Waals surface area contributed by atoms with Gasteiger partial charge in [0.05, 0.1) is 36.5 Å². The van der Waals surface area contributed by atoms with Gasteiger partial charge in [0.15, 0.2) is 5.78 Å². The van der Waals surface area contributed by atoms with Crippen LogP contribution in [-0.4, -0.2) is 57.3 Å². The van der Waals surface area contributed by atoms with E-state index >= 15 is 0 Å². The first-order chi connectivity index (χ1) is 22.0. The Morgan fingerprint density at radius 1 is 0.870 bits per heavy atom. The van der Waals surface area contributed by atoms with Crippen LogP contribution in [0.3, 0.4) is 0 Å². The molecule has 0 radical (unpaired) electrons. The van der Waals surface area contributed by atoms with Crippen molar-refractivity contribution in [1.29, 1.82) is 0 Å². The van der Waals surface area contributed by atoms with Gasteiger partial charge in [-0.3, -0.25) is 4.79 Å². The number of carbonyl (C=O) groups excluding carboxylic acids is 1. The summed E-state index contributed by atoms with van der Waals surface area (Å²) >= 11 is 0. The third kappa shape index (κ3) is 11.9. The van der Waals surface area contributed by atoms with Gasteiger partial charge in [-0.2, -0.15) is 4.98 Å². The number of ketones is 1. The monoisotopic (exact) mass is 630 g/mol. The summed E-state index contributed by atoms with van der Waals surface area (Å²) in [5, 5.41) is 3.66. The average molecular weight is 631 g/mol. The van der Waals surface area contributed by atoms with Gasteiger partial charge in [-0.1, -0.05) is 60.7 Å². The standard InChI is InChI=1S/C37H50N4O5/c1-36(2,3)45-20-19-31(42)32(46-37(4,5)6)18-17-30(25-43-23-27-13-9-7-10-14-27)38-21-29-22-39-34-33(29)40-26-41-35(34)44-24-28-15-11-8-12-16-28/h7-16,22,26,30,32,38-39H,17-21,23-25H2,1-6H3. The van der Waals surface area contributed by atoms with Crippen molar-refractivity contribution in [3.8, 4) is 5.88 Å². The van der Waals surface area contributed by atoms with Crippen LogP contribution in [-0.2, 0) is 38.8 Å². The fourth-order valence-corrected chi connectivity index (χ4v) is 5.02. The van der Waals surface area contributed by atoms with Crippen molar-refractivity contribution < 1.29 is 23.7 Å². The van der Waals surface area contributed by atoms with Crippen LogP contribution in [0.15, 0.2) is 73.2 Å². The maximum atomic E-state index is 13.3. The number of H-pyrrole nitrogens is 1. The number of ether oxygens (including phenoxy) is 4. The molecule has 0 saturated carbocycles. The minimum atomic E-state index is -0.535. The normalized spacial score (nSPS) is 13.5. The number of carbonyl (C=O) groups is 1. The highest BCUT2D eigenvalue weighted by Gasteiger charge is 2.27. The summed E-state index contributed by atoms with van der Waals surface area (Å²) < 4.78 is 24.3. The van der Waals surface area contributed by atoms with E-state index in [1.807, 2.05) is 96.3 Å². The number of rotatable bonds is 18. The maximum absolute atomic E-state index is 13.3. The second-order valence-corrected chi connectivity index (χ2v) is 13.5.